The zero-order chi connectivity index (χ0) is 28.8. The Morgan fingerprint density at radius 1 is 1.00 bits per heavy atom. The maximum atomic E-state index is 13.4. The Kier molecular flexibility index (Phi) is 6.94. The number of ether oxygens (including phenoxy) is 2. The fraction of sp³-hybridized carbons (Fsp3) is 0.429. The van der Waals surface area contributed by atoms with Crippen molar-refractivity contribution >= 4 is 45.4 Å². The van der Waals surface area contributed by atoms with E-state index in [1.165, 1.54) is 6.20 Å². The van der Waals surface area contributed by atoms with Crippen molar-refractivity contribution in [2.24, 2.45) is 7.05 Å². The third-order valence-electron chi connectivity index (χ3n) is 6.71. The molecule has 0 bridgehead atoms. The highest BCUT2D eigenvalue weighted by Gasteiger charge is 2.36. The van der Waals surface area contributed by atoms with Gasteiger partial charge in [-0.2, -0.15) is 5.10 Å². The van der Waals surface area contributed by atoms with Crippen LogP contribution < -0.4 is 15.0 Å². The Hall–Kier alpha value is -4.48. The van der Waals surface area contributed by atoms with Gasteiger partial charge in [-0.15, -0.1) is 0 Å². The molecule has 0 unspecified atom stereocenters. The first-order valence-electron chi connectivity index (χ1n) is 13.1. The number of carbonyl (C=O) groups is 2. The Labute approximate surface area is 232 Å². The molecule has 0 saturated carbocycles. The van der Waals surface area contributed by atoms with E-state index < -0.39 is 5.60 Å². The van der Waals surface area contributed by atoms with Crippen LogP contribution in [0.5, 0.6) is 5.75 Å². The minimum Gasteiger partial charge on any atom is -0.494 e. The molecule has 1 aromatic carbocycles. The van der Waals surface area contributed by atoms with Crippen LogP contribution >= 0.6 is 0 Å². The van der Waals surface area contributed by atoms with Crippen LogP contribution in [0.3, 0.4) is 0 Å². The van der Waals surface area contributed by atoms with Crippen molar-refractivity contribution in [1.82, 2.24) is 29.6 Å². The Bertz CT molecular complexity index is 1580. The lowest BCUT2D eigenvalue weighted by atomic mass is 10.1. The molecule has 210 valence electrons. The molecule has 2 atom stereocenters. The molecular formula is C28H34N8O4. The number of rotatable bonds is 4. The number of carbonyl (C=O) groups excluding carboxylic acids is 2. The zero-order valence-corrected chi connectivity index (χ0v) is 23.8. The maximum Gasteiger partial charge on any atom is 0.410 e. The summed E-state index contributed by atoms with van der Waals surface area (Å²) in [7, 11) is 3.39. The van der Waals surface area contributed by atoms with Crippen molar-refractivity contribution in [3.63, 3.8) is 0 Å². The number of hydrogen-bond acceptors (Lipinski definition) is 9. The summed E-state index contributed by atoms with van der Waals surface area (Å²) in [5.74, 6) is 0.798. The molecule has 2 amide bonds. The molecule has 1 aliphatic rings. The van der Waals surface area contributed by atoms with Crippen molar-refractivity contribution in [2.45, 2.75) is 52.3 Å². The number of anilines is 2. The molecule has 12 heteroatoms. The van der Waals surface area contributed by atoms with Crippen LogP contribution in [0.25, 0.3) is 21.9 Å². The van der Waals surface area contributed by atoms with Gasteiger partial charge < -0.3 is 19.7 Å². The summed E-state index contributed by atoms with van der Waals surface area (Å²) in [6, 6.07) is 3.31. The summed E-state index contributed by atoms with van der Waals surface area (Å²) in [6.45, 7) is 10.6. The van der Waals surface area contributed by atoms with Gasteiger partial charge in [-0.25, -0.2) is 14.8 Å². The van der Waals surface area contributed by atoms with Gasteiger partial charge >= 0.3 is 6.09 Å². The molecule has 1 aliphatic heterocycles. The third kappa shape index (κ3) is 5.21. The SMILES string of the molecule is COc1cc(NC(=O)c2cnc(N3C[C@@H](C)N(C(=O)OC(C)(C)C)[C@@H](C)C3)c3nccnc23)cc2cn(C)nc12. The van der Waals surface area contributed by atoms with E-state index in [9.17, 15) is 9.59 Å². The highest BCUT2D eigenvalue weighted by Crippen LogP contribution is 2.31. The van der Waals surface area contributed by atoms with E-state index in [-0.39, 0.29) is 24.1 Å². The van der Waals surface area contributed by atoms with Crippen molar-refractivity contribution in [3.8, 4) is 5.75 Å². The molecule has 0 spiro atoms. The summed E-state index contributed by atoms with van der Waals surface area (Å²) in [6.07, 6.45) is 6.18. The summed E-state index contributed by atoms with van der Waals surface area (Å²) in [4.78, 5) is 43.9. The topological polar surface area (TPSA) is 128 Å². The van der Waals surface area contributed by atoms with Crippen LogP contribution in [0, 0.1) is 0 Å². The fourth-order valence-corrected chi connectivity index (χ4v) is 5.16. The second-order valence-electron chi connectivity index (χ2n) is 11.1. The highest BCUT2D eigenvalue weighted by molar-refractivity contribution is 6.13. The van der Waals surface area contributed by atoms with Crippen LogP contribution in [0.1, 0.15) is 45.0 Å². The minimum absolute atomic E-state index is 0.132. The number of fused-ring (bicyclic) bond motifs is 2. The molecule has 40 heavy (non-hydrogen) atoms. The summed E-state index contributed by atoms with van der Waals surface area (Å²) in [5.41, 5.74) is 1.94. The third-order valence-corrected chi connectivity index (χ3v) is 6.71. The Morgan fingerprint density at radius 2 is 1.68 bits per heavy atom. The second kappa shape index (κ2) is 10.2. The predicted molar refractivity (Wildman–Crippen MR) is 152 cm³/mol. The monoisotopic (exact) mass is 546 g/mol. The van der Waals surface area contributed by atoms with Crippen LogP contribution in [0.2, 0.25) is 0 Å². The van der Waals surface area contributed by atoms with E-state index in [0.717, 1.165) is 5.39 Å². The van der Waals surface area contributed by atoms with Crippen LogP contribution in [0.15, 0.2) is 36.9 Å². The molecule has 3 aromatic heterocycles. The van der Waals surface area contributed by atoms with Crippen molar-refractivity contribution < 1.29 is 19.1 Å². The number of amides is 2. The summed E-state index contributed by atoms with van der Waals surface area (Å²) < 4.78 is 12.8. The summed E-state index contributed by atoms with van der Waals surface area (Å²) in [5, 5.41) is 8.19. The summed E-state index contributed by atoms with van der Waals surface area (Å²) >= 11 is 0. The van der Waals surface area contributed by atoms with Crippen LogP contribution in [-0.2, 0) is 11.8 Å². The highest BCUT2D eigenvalue weighted by atomic mass is 16.6. The number of nitrogens with one attached hydrogen (secondary N) is 1. The smallest absolute Gasteiger partial charge is 0.410 e. The number of aryl methyl sites for hydroxylation is 1. The molecule has 12 nitrogen and oxygen atoms in total. The number of hydrogen-bond donors (Lipinski definition) is 1. The second-order valence-corrected chi connectivity index (χ2v) is 11.1. The first kappa shape index (κ1) is 27.1. The van der Waals surface area contributed by atoms with Crippen LogP contribution in [-0.4, -0.2) is 79.5 Å². The van der Waals surface area contributed by atoms with Gasteiger partial charge in [-0.1, -0.05) is 0 Å². The molecule has 1 fully saturated rings. The van der Waals surface area contributed by atoms with Gasteiger partial charge in [0.05, 0.1) is 24.8 Å². The lowest BCUT2D eigenvalue weighted by Crippen LogP contribution is -2.59. The van der Waals surface area contributed by atoms with Crippen molar-refractivity contribution in [2.75, 3.05) is 30.4 Å². The quantitative estimate of drug-likeness (QED) is 0.404. The number of pyridine rings is 1. The maximum absolute atomic E-state index is 13.4. The first-order chi connectivity index (χ1) is 18.9. The van der Waals surface area contributed by atoms with Crippen molar-refractivity contribution in [3.05, 3.63) is 42.5 Å². The largest absolute Gasteiger partial charge is 0.494 e. The molecule has 4 aromatic rings. The minimum atomic E-state index is -0.577. The standard InChI is InChI=1S/C28H34N8O4/c1-16-13-35(14-17(2)36(16)27(38)40-28(3,4)5)25-24-23(29-8-9-30-24)20(12-31-25)26(37)32-19-10-18-15-34(6)33-22(18)21(11-19)39-7/h8-12,15-17H,13-14H2,1-7H3,(H,32,37)/t16-,17+. The van der Waals surface area contributed by atoms with Gasteiger partial charge in [0.15, 0.2) is 5.82 Å². The van der Waals surface area contributed by atoms with E-state index in [4.69, 9.17) is 9.47 Å². The average molecular weight is 547 g/mol. The number of methoxy groups -OCH3 is 1. The molecule has 5 rings (SSSR count). The molecular weight excluding hydrogens is 512 g/mol. The number of benzene rings is 1. The lowest BCUT2D eigenvalue weighted by molar-refractivity contribution is 0.00561. The predicted octanol–water partition coefficient (Wildman–Crippen LogP) is 4.01. The number of piperazine rings is 1. The lowest BCUT2D eigenvalue weighted by Gasteiger charge is -2.44. The fourth-order valence-electron chi connectivity index (χ4n) is 5.16. The number of nitrogens with zero attached hydrogens (tertiary/aromatic N) is 7. The zero-order valence-electron chi connectivity index (χ0n) is 23.8. The molecule has 1 saturated heterocycles. The van der Waals surface area contributed by atoms with Gasteiger partial charge in [0.25, 0.3) is 5.91 Å². The average Bonchev–Trinajstić information content (AvgIpc) is 3.26. The Balaban J connectivity index is 1.42. The van der Waals surface area contributed by atoms with Crippen LogP contribution in [0.4, 0.5) is 16.3 Å². The molecule has 0 aliphatic carbocycles. The first-order valence-corrected chi connectivity index (χ1v) is 13.1. The van der Waals surface area contributed by atoms with E-state index in [1.807, 2.05) is 53.9 Å². The normalized spacial score (nSPS) is 17.8. The van der Waals surface area contributed by atoms with E-state index in [0.29, 0.717) is 52.5 Å². The Morgan fingerprint density at radius 3 is 2.33 bits per heavy atom. The van der Waals surface area contributed by atoms with E-state index >= 15 is 0 Å². The van der Waals surface area contributed by atoms with E-state index in [1.54, 1.807) is 35.2 Å². The molecule has 0 radical (unpaired) electrons. The van der Waals surface area contributed by atoms with Gasteiger partial charge in [0.1, 0.15) is 27.9 Å². The van der Waals surface area contributed by atoms with Gasteiger partial charge in [0.2, 0.25) is 0 Å². The van der Waals surface area contributed by atoms with Gasteiger partial charge in [-0.05, 0) is 40.7 Å². The molecule has 1 N–H and O–H groups in total. The molecule has 4 heterocycles. The van der Waals surface area contributed by atoms with Gasteiger partial charge in [-0.3, -0.25) is 19.4 Å². The number of aromatic nitrogens is 5. The van der Waals surface area contributed by atoms with E-state index in [2.05, 4.69) is 30.3 Å². The van der Waals surface area contributed by atoms with Crippen molar-refractivity contribution in [1.29, 1.82) is 0 Å². The van der Waals surface area contributed by atoms with Gasteiger partial charge in [0, 0.05) is 62.1 Å².